The molecule has 1 atom stereocenters. The van der Waals surface area contributed by atoms with Gasteiger partial charge in [-0.25, -0.2) is 4.98 Å². The van der Waals surface area contributed by atoms with Crippen LogP contribution in [0.4, 0.5) is 10.8 Å². The van der Waals surface area contributed by atoms with Crippen LogP contribution in [0.15, 0.2) is 34.8 Å². The Morgan fingerprint density at radius 1 is 1.43 bits per heavy atom. The number of hydrogen-bond donors (Lipinski definition) is 1. The molecule has 0 aliphatic heterocycles. The zero-order valence-electron chi connectivity index (χ0n) is 16.4. The molecule has 30 heavy (non-hydrogen) atoms. The number of hydrogen-bond acceptors (Lipinski definition) is 8. The molecule has 1 amide bonds. The molecular weight excluding hydrogens is 424 g/mol. The van der Waals surface area contributed by atoms with E-state index in [1.807, 2.05) is 6.92 Å². The van der Waals surface area contributed by atoms with Gasteiger partial charge in [0.2, 0.25) is 5.91 Å². The first-order chi connectivity index (χ1) is 14.5. The van der Waals surface area contributed by atoms with Gasteiger partial charge in [-0.15, -0.1) is 21.5 Å². The normalized spacial score (nSPS) is 14.5. The van der Waals surface area contributed by atoms with E-state index in [-0.39, 0.29) is 16.8 Å². The first-order valence-electron chi connectivity index (χ1n) is 9.57. The molecule has 1 aromatic carbocycles. The largest absolute Gasteiger partial charge is 0.306 e. The SMILES string of the molecule is CCn1c(SC(C)C(=O)Nc2nc(-c3cccc([N+](=O)[O-])c3)cs2)nnc1C1CC1. The Kier molecular flexibility index (Phi) is 5.82. The molecule has 0 spiro atoms. The average Bonchev–Trinajstić information content (AvgIpc) is 3.34. The van der Waals surface area contributed by atoms with Crippen molar-refractivity contribution in [1.82, 2.24) is 19.7 Å². The lowest BCUT2D eigenvalue weighted by Crippen LogP contribution is -2.23. The molecule has 1 aliphatic carbocycles. The van der Waals surface area contributed by atoms with Gasteiger partial charge in [0.05, 0.1) is 15.9 Å². The molecule has 0 saturated heterocycles. The Hall–Kier alpha value is -2.79. The molecule has 1 aliphatic rings. The average molecular weight is 445 g/mol. The molecule has 2 heterocycles. The fourth-order valence-corrected chi connectivity index (χ4v) is 4.63. The third kappa shape index (κ3) is 4.36. The Balaban J connectivity index is 1.42. The maximum Gasteiger partial charge on any atom is 0.270 e. The van der Waals surface area contributed by atoms with E-state index in [0.29, 0.717) is 22.3 Å². The van der Waals surface area contributed by atoms with Gasteiger partial charge in [-0.05, 0) is 26.7 Å². The number of non-ortho nitro benzene ring substituents is 1. The molecule has 11 heteroatoms. The number of amides is 1. The number of aromatic nitrogens is 4. The molecule has 0 bridgehead atoms. The Morgan fingerprint density at radius 3 is 2.93 bits per heavy atom. The van der Waals surface area contributed by atoms with Gasteiger partial charge in [0.15, 0.2) is 10.3 Å². The van der Waals surface area contributed by atoms with Crippen molar-refractivity contribution in [2.24, 2.45) is 0 Å². The second kappa shape index (κ2) is 8.52. The minimum Gasteiger partial charge on any atom is -0.306 e. The predicted octanol–water partition coefficient (Wildman–Crippen LogP) is 4.33. The number of nitrogens with one attached hydrogen (secondary N) is 1. The molecule has 2 aromatic heterocycles. The molecular formula is C19H20N6O3S2. The van der Waals surface area contributed by atoms with Crippen molar-refractivity contribution in [1.29, 1.82) is 0 Å². The summed E-state index contributed by atoms with van der Waals surface area (Å²) in [5, 5.41) is 25.0. The number of benzene rings is 1. The lowest BCUT2D eigenvalue weighted by atomic mass is 10.1. The first-order valence-corrected chi connectivity index (χ1v) is 11.3. The number of rotatable bonds is 8. The zero-order valence-corrected chi connectivity index (χ0v) is 18.1. The van der Waals surface area contributed by atoms with E-state index in [9.17, 15) is 14.9 Å². The van der Waals surface area contributed by atoms with Crippen molar-refractivity contribution in [3.8, 4) is 11.3 Å². The van der Waals surface area contributed by atoms with E-state index in [1.54, 1.807) is 17.5 Å². The minimum atomic E-state index is -0.443. The molecule has 0 radical (unpaired) electrons. The molecule has 1 unspecified atom stereocenters. The van der Waals surface area contributed by atoms with Crippen LogP contribution in [0.5, 0.6) is 0 Å². The Morgan fingerprint density at radius 2 is 2.23 bits per heavy atom. The van der Waals surface area contributed by atoms with E-state index in [1.165, 1.54) is 35.2 Å². The third-order valence-corrected chi connectivity index (χ3v) is 6.58. The van der Waals surface area contributed by atoms with E-state index < -0.39 is 4.92 Å². The summed E-state index contributed by atoms with van der Waals surface area (Å²) in [5.41, 5.74) is 1.22. The highest BCUT2D eigenvalue weighted by Crippen LogP contribution is 2.40. The highest BCUT2D eigenvalue weighted by molar-refractivity contribution is 8.00. The maximum absolute atomic E-state index is 12.6. The predicted molar refractivity (Wildman–Crippen MR) is 116 cm³/mol. The number of carbonyl (C=O) groups is 1. The van der Waals surface area contributed by atoms with Crippen LogP contribution in [-0.4, -0.2) is 35.8 Å². The summed E-state index contributed by atoms with van der Waals surface area (Å²) < 4.78 is 2.08. The summed E-state index contributed by atoms with van der Waals surface area (Å²) in [6.45, 7) is 4.64. The summed E-state index contributed by atoms with van der Waals surface area (Å²) in [4.78, 5) is 27.6. The van der Waals surface area contributed by atoms with Crippen molar-refractivity contribution < 1.29 is 9.72 Å². The van der Waals surface area contributed by atoms with Crippen molar-refractivity contribution in [3.63, 3.8) is 0 Å². The molecule has 3 aromatic rings. The molecule has 1 N–H and O–H groups in total. The molecule has 9 nitrogen and oxygen atoms in total. The lowest BCUT2D eigenvalue weighted by molar-refractivity contribution is -0.384. The van der Waals surface area contributed by atoms with E-state index in [0.717, 1.165) is 30.4 Å². The van der Waals surface area contributed by atoms with Gasteiger partial charge in [-0.2, -0.15) is 0 Å². The Labute approximate surface area is 181 Å². The van der Waals surface area contributed by atoms with Gasteiger partial charge in [0, 0.05) is 35.5 Å². The highest BCUT2D eigenvalue weighted by Gasteiger charge is 2.30. The van der Waals surface area contributed by atoms with Gasteiger partial charge in [-0.3, -0.25) is 14.9 Å². The monoisotopic (exact) mass is 444 g/mol. The number of nitro benzene ring substituents is 1. The third-order valence-electron chi connectivity index (χ3n) is 4.74. The molecule has 156 valence electrons. The van der Waals surface area contributed by atoms with Crippen LogP contribution in [0.25, 0.3) is 11.3 Å². The summed E-state index contributed by atoms with van der Waals surface area (Å²) in [5.74, 6) is 1.33. The fourth-order valence-electron chi connectivity index (χ4n) is 2.99. The van der Waals surface area contributed by atoms with Crippen LogP contribution in [0.1, 0.15) is 38.4 Å². The topological polar surface area (TPSA) is 116 Å². The van der Waals surface area contributed by atoms with Crippen LogP contribution < -0.4 is 5.32 Å². The number of anilines is 1. The van der Waals surface area contributed by atoms with Gasteiger partial charge in [-0.1, -0.05) is 23.9 Å². The standard InChI is InChI=1S/C19H20N6O3S2/c1-3-24-16(12-7-8-12)22-23-19(24)30-11(2)17(26)21-18-20-15(10-29-18)13-5-4-6-14(9-13)25(27)28/h4-6,9-12H,3,7-8H2,1-2H3,(H,20,21,26). The van der Waals surface area contributed by atoms with Crippen LogP contribution in [0.3, 0.4) is 0 Å². The van der Waals surface area contributed by atoms with Crippen LogP contribution >= 0.6 is 23.1 Å². The van der Waals surface area contributed by atoms with E-state index in [4.69, 9.17) is 0 Å². The summed E-state index contributed by atoms with van der Waals surface area (Å²) in [6.07, 6.45) is 2.30. The van der Waals surface area contributed by atoms with E-state index >= 15 is 0 Å². The van der Waals surface area contributed by atoms with Crippen molar-refractivity contribution in [3.05, 3.63) is 45.6 Å². The number of nitrogens with zero attached hydrogens (tertiary/aromatic N) is 5. The molecule has 1 saturated carbocycles. The summed E-state index contributed by atoms with van der Waals surface area (Å²) in [6, 6.07) is 6.26. The van der Waals surface area contributed by atoms with Crippen molar-refractivity contribution in [2.45, 2.75) is 49.6 Å². The number of thiazole rings is 1. The number of carbonyl (C=O) groups excluding carboxylic acids is 1. The summed E-state index contributed by atoms with van der Waals surface area (Å²) >= 11 is 2.65. The van der Waals surface area contributed by atoms with Crippen molar-refractivity contribution >= 4 is 39.8 Å². The van der Waals surface area contributed by atoms with Crippen LogP contribution in [0.2, 0.25) is 0 Å². The first kappa shape index (κ1) is 20.5. The second-order valence-electron chi connectivity index (χ2n) is 6.95. The number of nitro groups is 1. The number of thioether (sulfide) groups is 1. The fraction of sp³-hybridized carbons (Fsp3) is 0.368. The minimum absolute atomic E-state index is 0.00158. The molecule has 4 rings (SSSR count). The van der Waals surface area contributed by atoms with Crippen molar-refractivity contribution in [2.75, 3.05) is 5.32 Å². The van der Waals surface area contributed by atoms with Crippen LogP contribution in [-0.2, 0) is 11.3 Å². The molecule has 1 fully saturated rings. The van der Waals surface area contributed by atoms with Crippen LogP contribution in [0, 0.1) is 10.1 Å². The van der Waals surface area contributed by atoms with Gasteiger partial charge in [0.1, 0.15) is 5.82 Å². The van der Waals surface area contributed by atoms with Gasteiger partial charge >= 0.3 is 0 Å². The van der Waals surface area contributed by atoms with E-state index in [2.05, 4.69) is 32.0 Å². The maximum atomic E-state index is 12.6. The second-order valence-corrected chi connectivity index (χ2v) is 9.12. The lowest BCUT2D eigenvalue weighted by Gasteiger charge is -2.11. The highest BCUT2D eigenvalue weighted by atomic mass is 32.2. The zero-order chi connectivity index (χ0) is 21.3. The van der Waals surface area contributed by atoms with Gasteiger partial charge < -0.3 is 9.88 Å². The Bertz CT molecular complexity index is 1090. The summed E-state index contributed by atoms with van der Waals surface area (Å²) in [7, 11) is 0. The quantitative estimate of drug-likeness (QED) is 0.312. The van der Waals surface area contributed by atoms with Gasteiger partial charge in [0.25, 0.3) is 5.69 Å². The smallest absolute Gasteiger partial charge is 0.270 e.